The molecule has 1 aliphatic heterocycles. The van der Waals surface area contributed by atoms with Crippen LogP contribution >= 0.6 is 0 Å². The number of allylic oxidation sites excluding steroid dienone is 2. The highest BCUT2D eigenvalue weighted by atomic mass is 32.2. The molecule has 1 aromatic carbocycles. The van der Waals surface area contributed by atoms with Gasteiger partial charge in [0.05, 0.1) is 5.69 Å². The van der Waals surface area contributed by atoms with E-state index >= 15 is 0 Å². The van der Waals surface area contributed by atoms with Gasteiger partial charge < -0.3 is 11.1 Å². The van der Waals surface area contributed by atoms with Gasteiger partial charge in [0.25, 0.3) is 10.0 Å². The number of amides is 2. The van der Waals surface area contributed by atoms with Crippen LogP contribution in [-0.2, 0) is 19.6 Å². The minimum absolute atomic E-state index is 0.0206. The largest absolute Gasteiger partial charge is 0.384 e. The van der Waals surface area contributed by atoms with E-state index in [2.05, 4.69) is 5.32 Å². The number of sulfonamides is 1. The molecule has 0 spiro atoms. The third-order valence-electron chi connectivity index (χ3n) is 4.74. The molecular formula is C17H21N3O4S. The first-order valence-electron chi connectivity index (χ1n) is 8.24. The maximum Gasteiger partial charge on any atom is 0.266 e. The molecule has 0 aromatic heterocycles. The monoisotopic (exact) mass is 363 g/mol. The average Bonchev–Trinajstić information content (AvgIpc) is 3.29. The average molecular weight is 363 g/mol. The third kappa shape index (κ3) is 3.26. The van der Waals surface area contributed by atoms with Gasteiger partial charge in [0.1, 0.15) is 10.3 Å². The molecule has 0 radical (unpaired) electrons. The summed E-state index contributed by atoms with van der Waals surface area (Å²) >= 11 is 0. The summed E-state index contributed by atoms with van der Waals surface area (Å²) in [5, 5.41) is 3.10. The minimum atomic E-state index is -4.11. The van der Waals surface area contributed by atoms with Gasteiger partial charge in [-0.05, 0) is 37.8 Å². The van der Waals surface area contributed by atoms with E-state index in [0.717, 1.165) is 19.3 Å². The second kappa shape index (κ2) is 6.51. The molecule has 2 amide bonds. The number of anilines is 1. The number of benzene rings is 1. The Morgan fingerprint density at radius 3 is 2.76 bits per heavy atom. The van der Waals surface area contributed by atoms with Gasteiger partial charge in [-0.3, -0.25) is 9.59 Å². The Kier molecular flexibility index (Phi) is 4.55. The van der Waals surface area contributed by atoms with Gasteiger partial charge >= 0.3 is 0 Å². The van der Waals surface area contributed by atoms with E-state index in [4.69, 9.17) is 5.73 Å². The van der Waals surface area contributed by atoms with Gasteiger partial charge in [0.2, 0.25) is 11.8 Å². The quantitative estimate of drug-likeness (QED) is 0.511. The Bertz CT molecular complexity index is 834. The molecule has 1 saturated carbocycles. The van der Waals surface area contributed by atoms with E-state index in [1.807, 2.05) is 10.8 Å². The lowest BCUT2D eigenvalue weighted by Gasteiger charge is -2.16. The number of hydrogen-bond acceptors (Lipinski definition) is 5. The summed E-state index contributed by atoms with van der Waals surface area (Å²) in [6.07, 6.45) is 6.58. The fraction of sp³-hybridized carbons (Fsp3) is 0.412. The lowest BCUT2D eigenvalue weighted by molar-refractivity contribution is -0.134. The van der Waals surface area contributed by atoms with E-state index in [-0.39, 0.29) is 17.2 Å². The number of carbonyl (C=O) groups excluding carboxylic acids is 2. The molecule has 1 aliphatic carbocycles. The van der Waals surface area contributed by atoms with Crippen molar-refractivity contribution < 1.29 is 18.0 Å². The van der Waals surface area contributed by atoms with Crippen LogP contribution in [-0.4, -0.2) is 26.8 Å². The minimum Gasteiger partial charge on any atom is -0.384 e. The number of para-hydroxylation sites is 1. The molecule has 0 unspecified atom stereocenters. The Hall–Kier alpha value is -2.35. The van der Waals surface area contributed by atoms with Crippen LogP contribution in [0.15, 0.2) is 41.3 Å². The predicted octanol–water partition coefficient (Wildman–Crippen LogP) is 1.14. The zero-order valence-electron chi connectivity index (χ0n) is 13.7. The molecule has 0 bridgehead atoms. The van der Waals surface area contributed by atoms with Crippen LogP contribution in [0, 0.1) is 11.3 Å². The molecule has 134 valence electrons. The molecule has 7 nitrogen and oxygen atoms in total. The molecule has 1 fully saturated rings. The lowest BCUT2D eigenvalue weighted by Crippen LogP contribution is -2.44. The highest BCUT2D eigenvalue weighted by molar-refractivity contribution is 7.90. The van der Waals surface area contributed by atoms with Crippen molar-refractivity contribution in [3.63, 3.8) is 0 Å². The van der Waals surface area contributed by atoms with Crippen LogP contribution in [0.3, 0.4) is 0 Å². The van der Waals surface area contributed by atoms with Crippen molar-refractivity contribution >= 4 is 27.5 Å². The molecule has 1 aromatic rings. The zero-order valence-corrected chi connectivity index (χ0v) is 14.5. The van der Waals surface area contributed by atoms with Gasteiger partial charge in [-0.15, -0.1) is 0 Å². The van der Waals surface area contributed by atoms with Crippen molar-refractivity contribution in [1.29, 1.82) is 0 Å². The summed E-state index contributed by atoms with van der Waals surface area (Å²) in [5.74, 6) is -2.01. The lowest BCUT2D eigenvalue weighted by atomic mass is 10.0. The molecule has 8 heteroatoms. The van der Waals surface area contributed by atoms with E-state index in [0.29, 0.717) is 12.2 Å². The first-order chi connectivity index (χ1) is 11.9. The molecule has 2 aliphatic rings. The summed E-state index contributed by atoms with van der Waals surface area (Å²) in [5.41, 5.74) is 4.36. The molecule has 0 saturated heterocycles. The standard InChI is InChI=1S/C17H21N3O4S/c18-15(21)17-11-12(17)7-3-1-2-6-10-19-13-8-4-5-9-14(13)25(23,24)20-16(17)22/h3-5,7-9,12,19H,1-2,6,10-11H2,(H2,18,21)(H,20,22)/b7-3-/t12-,17-/m1/s1. The number of carbonyl (C=O) groups is 2. The van der Waals surface area contributed by atoms with Gasteiger partial charge in [-0.25, -0.2) is 13.1 Å². The molecule has 1 heterocycles. The van der Waals surface area contributed by atoms with Crippen LogP contribution < -0.4 is 15.8 Å². The van der Waals surface area contributed by atoms with Crippen LogP contribution in [0.25, 0.3) is 0 Å². The Morgan fingerprint density at radius 1 is 1.24 bits per heavy atom. The fourth-order valence-corrected chi connectivity index (χ4v) is 4.39. The van der Waals surface area contributed by atoms with Crippen molar-refractivity contribution in [2.45, 2.75) is 30.6 Å². The van der Waals surface area contributed by atoms with Crippen LogP contribution in [0.1, 0.15) is 25.7 Å². The summed E-state index contributed by atoms with van der Waals surface area (Å²) in [6.45, 7) is 0.628. The smallest absolute Gasteiger partial charge is 0.266 e. The summed E-state index contributed by atoms with van der Waals surface area (Å²) in [7, 11) is -4.11. The summed E-state index contributed by atoms with van der Waals surface area (Å²) in [6, 6.07) is 6.37. The summed E-state index contributed by atoms with van der Waals surface area (Å²) in [4.78, 5) is 24.4. The molecule has 4 N–H and O–H groups in total. The Morgan fingerprint density at radius 2 is 2.00 bits per heavy atom. The number of rotatable bonds is 1. The van der Waals surface area contributed by atoms with Gasteiger partial charge in [-0.2, -0.15) is 0 Å². The SMILES string of the molecule is NC(=O)[C@@]12C[C@H]1/C=C\CCCCNc1ccccc1S(=O)(=O)NC2=O. The summed E-state index contributed by atoms with van der Waals surface area (Å²) < 4.78 is 27.4. The maximum atomic E-state index is 12.7. The molecular weight excluding hydrogens is 342 g/mol. The van der Waals surface area contributed by atoms with Crippen LogP contribution in [0.5, 0.6) is 0 Å². The number of nitrogens with one attached hydrogen (secondary N) is 2. The predicted molar refractivity (Wildman–Crippen MR) is 93.0 cm³/mol. The van der Waals surface area contributed by atoms with Gasteiger partial charge in [0, 0.05) is 12.5 Å². The van der Waals surface area contributed by atoms with Gasteiger partial charge in [0.15, 0.2) is 0 Å². The van der Waals surface area contributed by atoms with E-state index in [1.54, 1.807) is 24.3 Å². The number of primary amides is 1. The number of nitrogens with two attached hydrogens (primary N) is 1. The first kappa shape index (κ1) is 17.5. The highest BCUT2D eigenvalue weighted by Gasteiger charge is 2.64. The molecule has 3 rings (SSSR count). The van der Waals surface area contributed by atoms with E-state index in [1.165, 1.54) is 6.07 Å². The van der Waals surface area contributed by atoms with Crippen LogP contribution in [0.2, 0.25) is 0 Å². The Labute approximate surface area is 146 Å². The first-order valence-corrected chi connectivity index (χ1v) is 9.73. The fourth-order valence-electron chi connectivity index (χ4n) is 3.16. The maximum absolute atomic E-state index is 12.7. The number of hydrogen-bond donors (Lipinski definition) is 3. The third-order valence-corrected chi connectivity index (χ3v) is 6.13. The molecule has 25 heavy (non-hydrogen) atoms. The van der Waals surface area contributed by atoms with Gasteiger partial charge in [-0.1, -0.05) is 24.3 Å². The Balaban J connectivity index is 1.98. The highest BCUT2D eigenvalue weighted by Crippen LogP contribution is 2.53. The van der Waals surface area contributed by atoms with Crippen molar-refractivity contribution in [2.75, 3.05) is 11.9 Å². The molecule has 2 atom stereocenters. The second-order valence-electron chi connectivity index (χ2n) is 6.43. The second-order valence-corrected chi connectivity index (χ2v) is 8.08. The normalized spacial score (nSPS) is 29.8. The number of fused-ring (bicyclic) bond motifs is 2. The van der Waals surface area contributed by atoms with Crippen molar-refractivity contribution in [3.8, 4) is 0 Å². The zero-order chi connectivity index (χ0) is 18.1. The van der Waals surface area contributed by atoms with Crippen molar-refractivity contribution in [1.82, 2.24) is 4.72 Å². The van der Waals surface area contributed by atoms with E-state index in [9.17, 15) is 18.0 Å². The van der Waals surface area contributed by atoms with Crippen molar-refractivity contribution in [3.05, 3.63) is 36.4 Å². The van der Waals surface area contributed by atoms with Crippen LogP contribution in [0.4, 0.5) is 5.69 Å². The van der Waals surface area contributed by atoms with E-state index < -0.39 is 27.3 Å². The van der Waals surface area contributed by atoms with Crippen molar-refractivity contribution in [2.24, 2.45) is 17.1 Å². The topological polar surface area (TPSA) is 118 Å².